The number of esters is 1. The Kier molecular flexibility index (Phi) is 5.68. The number of fused-ring (bicyclic) bond motifs is 1. The van der Waals surface area contributed by atoms with E-state index in [0.717, 1.165) is 37.2 Å². The molecule has 144 valence electrons. The largest absolute Gasteiger partial charge is 0.452 e. The van der Waals surface area contributed by atoms with Crippen molar-refractivity contribution in [2.75, 3.05) is 13.7 Å². The van der Waals surface area contributed by atoms with E-state index in [1.807, 2.05) is 39.0 Å². The van der Waals surface area contributed by atoms with E-state index >= 15 is 0 Å². The fourth-order valence-corrected chi connectivity index (χ4v) is 4.11. The van der Waals surface area contributed by atoms with Crippen molar-refractivity contribution in [2.45, 2.75) is 52.6 Å². The molecule has 1 heterocycles. The standard InChI is InChI=1S/C22H28N2O3/c1-5-24-15(2)13-19(16(24)3)22(26)27-14-21(25)23(4)20-12-8-10-17-9-6-7-11-18(17)20/h6-7,9,11,13,20H,5,8,10,12,14H2,1-4H3/t20-/m1/s1. The minimum absolute atomic E-state index is 0.0475. The number of rotatable bonds is 5. The third-order valence-electron chi connectivity index (χ3n) is 5.64. The molecule has 3 rings (SSSR count). The van der Waals surface area contributed by atoms with Crippen LogP contribution in [0, 0.1) is 13.8 Å². The molecule has 0 N–H and O–H groups in total. The molecule has 0 saturated heterocycles. The smallest absolute Gasteiger partial charge is 0.340 e. The molecule has 1 amide bonds. The van der Waals surface area contributed by atoms with E-state index in [1.165, 1.54) is 11.1 Å². The van der Waals surface area contributed by atoms with Crippen LogP contribution in [0.5, 0.6) is 0 Å². The number of likely N-dealkylation sites (N-methyl/N-ethyl adjacent to an activating group) is 1. The van der Waals surface area contributed by atoms with Crippen LogP contribution in [0.3, 0.4) is 0 Å². The first-order chi connectivity index (χ1) is 12.9. The zero-order valence-electron chi connectivity index (χ0n) is 16.6. The molecular formula is C22H28N2O3. The van der Waals surface area contributed by atoms with Gasteiger partial charge in [0.1, 0.15) is 0 Å². The average molecular weight is 368 g/mol. The number of carbonyl (C=O) groups is 2. The van der Waals surface area contributed by atoms with Crippen LogP contribution in [0.1, 0.15) is 58.7 Å². The number of amides is 1. The fraction of sp³-hybridized carbons (Fsp3) is 0.455. The lowest BCUT2D eigenvalue weighted by atomic mass is 9.87. The van der Waals surface area contributed by atoms with Crippen LogP contribution in [-0.2, 0) is 22.5 Å². The third-order valence-corrected chi connectivity index (χ3v) is 5.64. The molecule has 0 aliphatic heterocycles. The second-order valence-electron chi connectivity index (χ2n) is 7.22. The summed E-state index contributed by atoms with van der Waals surface area (Å²) in [4.78, 5) is 26.8. The topological polar surface area (TPSA) is 51.5 Å². The Bertz CT molecular complexity index is 853. The number of ether oxygens (including phenoxy) is 1. The molecule has 5 nitrogen and oxygen atoms in total. The highest BCUT2D eigenvalue weighted by molar-refractivity contribution is 5.92. The minimum Gasteiger partial charge on any atom is -0.452 e. The number of benzene rings is 1. The Labute approximate surface area is 160 Å². The number of hydrogen-bond donors (Lipinski definition) is 0. The van der Waals surface area contributed by atoms with Crippen molar-refractivity contribution in [2.24, 2.45) is 0 Å². The lowest BCUT2D eigenvalue weighted by Crippen LogP contribution is -2.36. The zero-order chi connectivity index (χ0) is 19.6. The van der Waals surface area contributed by atoms with Crippen molar-refractivity contribution in [3.8, 4) is 0 Å². The molecule has 1 atom stereocenters. The molecule has 27 heavy (non-hydrogen) atoms. The third kappa shape index (κ3) is 3.77. The second-order valence-corrected chi connectivity index (χ2v) is 7.22. The Morgan fingerprint density at radius 1 is 1.26 bits per heavy atom. The van der Waals surface area contributed by atoms with Crippen LogP contribution in [0.2, 0.25) is 0 Å². The first kappa shape index (κ1) is 19.2. The van der Waals surface area contributed by atoms with Crippen molar-refractivity contribution in [3.05, 3.63) is 58.4 Å². The van der Waals surface area contributed by atoms with Crippen LogP contribution in [0.15, 0.2) is 30.3 Å². The molecule has 2 aromatic rings. The van der Waals surface area contributed by atoms with Gasteiger partial charge < -0.3 is 14.2 Å². The van der Waals surface area contributed by atoms with E-state index in [2.05, 4.69) is 16.7 Å². The van der Waals surface area contributed by atoms with Gasteiger partial charge in [0.25, 0.3) is 5.91 Å². The number of aryl methyl sites for hydroxylation is 2. The normalized spacial score (nSPS) is 15.9. The summed E-state index contributed by atoms with van der Waals surface area (Å²) in [5.41, 5.74) is 4.94. The molecular weight excluding hydrogens is 340 g/mol. The minimum atomic E-state index is -0.436. The lowest BCUT2D eigenvalue weighted by molar-refractivity contribution is -0.135. The van der Waals surface area contributed by atoms with Gasteiger partial charge in [-0.3, -0.25) is 4.79 Å². The summed E-state index contributed by atoms with van der Waals surface area (Å²) in [6, 6.07) is 10.1. The first-order valence-corrected chi connectivity index (χ1v) is 9.61. The molecule has 1 aromatic heterocycles. The molecule has 5 heteroatoms. The van der Waals surface area contributed by atoms with Crippen molar-refractivity contribution >= 4 is 11.9 Å². The van der Waals surface area contributed by atoms with E-state index in [4.69, 9.17) is 4.74 Å². The maximum Gasteiger partial charge on any atom is 0.340 e. The van der Waals surface area contributed by atoms with E-state index in [-0.39, 0.29) is 18.6 Å². The van der Waals surface area contributed by atoms with Gasteiger partial charge in [0, 0.05) is 25.0 Å². The molecule has 0 saturated carbocycles. The summed E-state index contributed by atoms with van der Waals surface area (Å²) >= 11 is 0. The van der Waals surface area contributed by atoms with Crippen LogP contribution >= 0.6 is 0 Å². The fourth-order valence-electron chi connectivity index (χ4n) is 4.11. The van der Waals surface area contributed by atoms with Gasteiger partial charge >= 0.3 is 5.97 Å². The monoisotopic (exact) mass is 368 g/mol. The quantitative estimate of drug-likeness (QED) is 0.754. The van der Waals surface area contributed by atoms with Crippen LogP contribution in [-0.4, -0.2) is 35.0 Å². The predicted molar refractivity (Wildman–Crippen MR) is 105 cm³/mol. The van der Waals surface area contributed by atoms with E-state index in [9.17, 15) is 9.59 Å². The van der Waals surface area contributed by atoms with Crippen LogP contribution < -0.4 is 0 Å². The van der Waals surface area contributed by atoms with Gasteiger partial charge in [0.2, 0.25) is 0 Å². The average Bonchev–Trinajstić information content (AvgIpc) is 2.98. The molecule has 1 aromatic carbocycles. The van der Waals surface area contributed by atoms with Crippen molar-refractivity contribution < 1.29 is 14.3 Å². The van der Waals surface area contributed by atoms with Gasteiger partial charge in [-0.25, -0.2) is 4.79 Å². The molecule has 0 radical (unpaired) electrons. The van der Waals surface area contributed by atoms with Gasteiger partial charge in [-0.2, -0.15) is 0 Å². The molecule has 0 fully saturated rings. The second kappa shape index (κ2) is 7.99. The highest BCUT2D eigenvalue weighted by Crippen LogP contribution is 2.33. The van der Waals surface area contributed by atoms with Gasteiger partial charge in [-0.15, -0.1) is 0 Å². The summed E-state index contributed by atoms with van der Waals surface area (Å²) in [5.74, 6) is -0.608. The maximum absolute atomic E-state index is 12.6. The van der Waals surface area contributed by atoms with Gasteiger partial charge in [-0.1, -0.05) is 24.3 Å². The Balaban J connectivity index is 1.65. The summed E-state index contributed by atoms with van der Waals surface area (Å²) in [7, 11) is 1.80. The molecule has 0 spiro atoms. The van der Waals surface area contributed by atoms with E-state index in [1.54, 1.807) is 11.9 Å². The van der Waals surface area contributed by atoms with Gasteiger partial charge in [0.15, 0.2) is 6.61 Å². The van der Waals surface area contributed by atoms with Crippen molar-refractivity contribution in [1.82, 2.24) is 9.47 Å². The summed E-state index contributed by atoms with van der Waals surface area (Å²) in [6.45, 7) is 6.47. The number of hydrogen-bond acceptors (Lipinski definition) is 3. The lowest BCUT2D eigenvalue weighted by Gasteiger charge is -2.33. The summed E-state index contributed by atoms with van der Waals surface area (Å²) in [5, 5.41) is 0. The Morgan fingerprint density at radius 2 is 2.00 bits per heavy atom. The summed E-state index contributed by atoms with van der Waals surface area (Å²) in [6.07, 6.45) is 3.05. The molecule has 1 aliphatic carbocycles. The van der Waals surface area contributed by atoms with Crippen molar-refractivity contribution in [3.63, 3.8) is 0 Å². The SMILES string of the molecule is CCn1c(C)cc(C(=O)OCC(=O)N(C)[C@@H]2CCCc3ccccc32)c1C. The highest BCUT2D eigenvalue weighted by atomic mass is 16.5. The zero-order valence-corrected chi connectivity index (χ0v) is 16.6. The van der Waals surface area contributed by atoms with E-state index in [0.29, 0.717) is 5.56 Å². The number of nitrogens with zero attached hydrogens (tertiary/aromatic N) is 2. The highest BCUT2D eigenvalue weighted by Gasteiger charge is 2.27. The predicted octanol–water partition coefficient (Wildman–Crippen LogP) is 3.82. The van der Waals surface area contributed by atoms with Crippen molar-refractivity contribution in [1.29, 1.82) is 0 Å². The first-order valence-electron chi connectivity index (χ1n) is 9.61. The van der Waals surface area contributed by atoms with Crippen LogP contribution in [0.25, 0.3) is 0 Å². The Hall–Kier alpha value is -2.56. The van der Waals surface area contributed by atoms with Crippen LogP contribution in [0.4, 0.5) is 0 Å². The molecule has 0 bridgehead atoms. The maximum atomic E-state index is 12.6. The van der Waals surface area contributed by atoms with Gasteiger partial charge in [0.05, 0.1) is 11.6 Å². The Morgan fingerprint density at radius 3 is 2.70 bits per heavy atom. The molecule has 1 aliphatic rings. The van der Waals surface area contributed by atoms with Gasteiger partial charge in [-0.05, 0) is 57.2 Å². The molecule has 0 unspecified atom stereocenters. The van der Waals surface area contributed by atoms with E-state index < -0.39 is 5.97 Å². The number of carbonyl (C=O) groups excluding carboxylic acids is 2. The summed E-state index contributed by atoms with van der Waals surface area (Å²) < 4.78 is 7.40. The number of aromatic nitrogens is 1.